The highest BCUT2D eigenvalue weighted by atomic mass is 16.4. The molecule has 3 N–H and O–H groups in total. The average molecular weight is 569 g/mol. The van der Waals surface area contributed by atoms with Crippen LogP contribution in [0.1, 0.15) is 83.1 Å². The monoisotopic (exact) mass is 568 g/mol. The van der Waals surface area contributed by atoms with E-state index in [0.717, 1.165) is 69.9 Å². The second kappa shape index (κ2) is 10.7. The fourth-order valence-corrected chi connectivity index (χ4v) is 10.1. The summed E-state index contributed by atoms with van der Waals surface area (Å²) < 4.78 is 5.23. The van der Waals surface area contributed by atoms with Crippen LogP contribution in [0.3, 0.4) is 0 Å². The molecule has 1 saturated heterocycles. The molecule has 0 radical (unpaired) electrons. The van der Waals surface area contributed by atoms with Gasteiger partial charge in [0.2, 0.25) is 5.91 Å². The normalized spacial score (nSPS) is 40.6. The fourth-order valence-electron chi connectivity index (χ4n) is 10.1. The van der Waals surface area contributed by atoms with Gasteiger partial charge in [-0.3, -0.25) is 9.69 Å². The Morgan fingerprint density at radius 3 is 2.71 bits per heavy atom. The maximum absolute atomic E-state index is 13.0. The van der Waals surface area contributed by atoms with E-state index in [4.69, 9.17) is 4.42 Å². The van der Waals surface area contributed by atoms with E-state index in [-0.39, 0.29) is 46.3 Å². The number of nitrogens with zero attached hydrogens (tertiary/aromatic N) is 2. The quantitative estimate of drug-likeness (QED) is 0.502. The van der Waals surface area contributed by atoms with Gasteiger partial charge >= 0.3 is 11.7 Å². The van der Waals surface area contributed by atoms with Crippen molar-refractivity contribution in [2.45, 2.75) is 89.2 Å². The largest absolute Gasteiger partial charge is 0.431 e. The van der Waals surface area contributed by atoms with E-state index < -0.39 is 5.60 Å². The summed E-state index contributed by atoms with van der Waals surface area (Å²) in [6.45, 7) is 7.87. The van der Waals surface area contributed by atoms with Gasteiger partial charge in [-0.1, -0.05) is 13.8 Å². The molecule has 4 aliphatic carbocycles. The van der Waals surface area contributed by atoms with Crippen LogP contribution < -0.4 is 16.3 Å². The summed E-state index contributed by atoms with van der Waals surface area (Å²) in [6.07, 6.45) is 10.7. The van der Waals surface area contributed by atoms with Crippen LogP contribution in [0.25, 0.3) is 0 Å². The van der Waals surface area contributed by atoms with Gasteiger partial charge in [0.15, 0.2) is 0 Å². The van der Waals surface area contributed by atoms with Crippen molar-refractivity contribution < 1.29 is 19.1 Å². The van der Waals surface area contributed by atoms with Gasteiger partial charge in [0.25, 0.3) is 0 Å². The first-order valence-corrected chi connectivity index (χ1v) is 15.9. The Hall–Kier alpha value is -2.39. The fraction of sp³-hybridized carbons (Fsp3) is 0.781. The number of hydrogen-bond donors (Lipinski definition) is 3. The van der Waals surface area contributed by atoms with E-state index in [1.54, 1.807) is 6.26 Å². The summed E-state index contributed by atoms with van der Waals surface area (Å²) >= 11 is 0. The van der Waals surface area contributed by atoms with Gasteiger partial charge in [0, 0.05) is 50.7 Å². The van der Waals surface area contributed by atoms with Gasteiger partial charge in [-0.2, -0.15) is 0 Å². The Bertz CT molecular complexity index is 1200. The maximum Gasteiger partial charge on any atom is 0.335 e. The van der Waals surface area contributed by atoms with Gasteiger partial charge in [0.1, 0.15) is 0 Å². The molecule has 3 amide bonds. The van der Waals surface area contributed by atoms with Gasteiger partial charge in [-0.15, -0.1) is 0 Å². The van der Waals surface area contributed by atoms with E-state index in [2.05, 4.69) is 29.4 Å². The topological polar surface area (TPSA) is 115 Å². The van der Waals surface area contributed by atoms with Gasteiger partial charge in [0.05, 0.1) is 18.4 Å². The lowest BCUT2D eigenvalue weighted by molar-refractivity contribution is -0.203. The third kappa shape index (κ3) is 4.81. The van der Waals surface area contributed by atoms with E-state index in [1.807, 2.05) is 18.0 Å². The van der Waals surface area contributed by atoms with Crippen LogP contribution in [0.15, 0.2) is 27.6 Å². The third-order valence-electron chi connectivity index (χ3n) is 12.6. The number of hydrogen-bond acceptors (Lipinski definition) is 6. The molecule has 0 spiro atoms. The molecule has 2 heterocycles. The second-order valence-electron chi connectivity index (χ2n) is 14.2. The van der Waals surface area contributed by atoms with Crippen molar-refractivity contribution in [3.8, 4) is 0 Å². The predicted octanol–water partition coefficient (Wildman–Crippen LogP) is 3.32. The molecule has 41 heavy (non-hydrogen) atoms. The van der Waals surface area contributed by atoms with Crippen molar-refractivity contribution in [3.05, 3.63) is 34.4 Å². The average Bonchev–Trinajstić information content (AvgIpc) is 3.23. The zero-order valence-corrected chi connectivity index (χ0v) is 25.0. The van der Waals surface area contributed by atoms with Crippen LogP contribution in [0.4, 0.5) is 4.79 Å². The number of carbonyl (C=O) groups is 2. The Kier molecular flexibility index (Phi) is 7.50. The molecule has 9 heteroatoms. The molecule has 6 rings (SSSR count). The van der Waals surface area contributed by atoms with Crippen LogP contribution in [-0.4, -0.2) is 78.3 Å². The van der Waals surface area contributed by atoms with Crippen LogP contribution in [0, 0.1) is 28.6 Å². The highest BCUT2D eigenvalue weighted by molar-refractivity contribution is 5.78. The minimum absolute atomic E-state index is 0.0229. The Labute approximate surface area is 243 Å². The molecule has 1 aliphatic heterocycles. The smallest absolute Gasteiger partial charge is 0.335 e. The van der Waals surface area contributed by atoms with Crippen LogP contribution in [0.2, 0.25) is 0 Å². The van der Waals surface area contributed by atoms with Gasteiger partial charge in [-0.05, 0) is 98.5 Å². The number of rotatable bonds is 5. The Morgan fingerprint density at radius 2 is 1.95 bits per heavy atom. The summed E-state index contributed by atoms with van der Waals surface area (Å²) in [7, 11) is 1.93. The molecule has 1 aromatic heterocycles. The lowest BCUT2D eigenvalue weighted by atomic mass is 9.43. The second-order valence-corrected chi connectivity index (χ2v) is 14.2. The summed E-state index contributed by atoms with van der Waals surface area (Å²) in [4.78, 5) is 40.2. The Balaban J connectivity index is 1.09. The van der Waals surface area contributed by atoms with Crippen molar-refractivity contribution in [2.75, 3.05) is 39.8 Å². The molecular formula is C32H48N4O5. The molecule has 0 aromatic carbocycles. The van der Waals surface area contributed by atoms with Crippen molar-refractivity contribution in [1.29, 1.82) is 0 Å². The van der Waals surface area contributed by atoms with E-state index in [9.17, 15) is 19.5 Å². The highest BCUT2D eigenvalue weighted by Crippen LogP contribution is 2.70. The minimum Gasteiger partial charge on any atom is -0.431 e. The zero-order chi connectivity index (χ0) is 29.0. The molecular weight excluding hydrogens is 520 g/mol. The van der Waals surface area contributed by atoms with Crippen molar-refractivity contribution >= 4 is 11.9 Å². The van der Waals surface area contributed by atoms with Gasteiger partial charge < -0.3 is 25.1 Å². The summed E-state index contributed by atoms with van der Waals surface area (Å²) in [6, 6.07) is 3.62. The lowest BCUT2D eigenvalue weighted by Crippen LogP contribution is -2.62. The van der Waals surface area contributed by atoms with E-state index >= 15 is 0 Å². The first kappa shape index (κ1) is 28.7. The lowest BCUT2D eigenvalue weighted by Gasteiger charge is -2.64. The maximum atomic E-state index is 13.0. The highest BCUT2D eigenvalue weighted by Gasteiger charge is 2.67. The zero-order valence-electron chi connectivity index (χ0n) is 25.0. The number of aliphatic hydroxyl groups is 1. The van der Waals surface area contributed by atoms with E-state index in [0.29, 0.717) is 38.0 Å². The number of amides is 3. The predicted molar refractivity (Wildman–Crippen MR) is 155 cm³/mol. The Morgan fingerprint density at radius 1 is 1.12 bits per heavy atom. The molecule has 5 aliphatic rings. The molecule has 8 atom stereocenters. The van der Waals surface area contributed by atoms with Crippen molar-refractivity contribution in [2.24, 2.45) is 28.6 Å². The minimum atomic E-state index is -0.701. The molecule has 5 fully saturated rings. The number of nitrogens with one attached hydrogen (secondary N) is 2. The SMILES string of the molecule is CN(C(=O)NCCN1CCNC(=O)C1)[C@H]1CC[C@@]2(C)[C@H](CC[C@@H]3[C@@H]2CC[C@]2(C)[C@@H](c4ccc(=O)oc4)CC[C@]32O)C1. The first-order valence-electron chi connectivity index (χ1n) is 15.9. The summed E-state index contributed by atoms with van der Waals surface area (Å²) in [5.74, 6) is 1.59. The van der Waals surface area contributed by atoms with Crippen LogP contribution >= 0.6 is 0 Å². The number of piperazine rings is 1. The number of fused-ring (bicyclic) bond motifs is 5. The molecule has 0 bridgehead atoms. The first-order chi connectivity index (χ1) is 19.5. The van der Waals surface area contributed by atoms with Gasteiger partial charge in [-0.25, -0.2) is 9.59 Å². The van der Waals surface area contributed by atoms with Crippen LogP contribution in [0.5, 0.6) is 0 Å². The van der Waals surface area contributed by atoms with E-state index in [1.165, 1.54) is 6.07 Å². The number of carbonyl (C=O) groups excluding carboxylic acids is 2. The summed E-state index contributed by atoms with van der Waals surface area (Å²) in [5.41, 5.74) is -0.0171. The standard InChI is InChI=1S/C32H48N4O5/c1-30-11-8-23(35(3)29(39)34-15-17-36-16-14-33-27(37)19-36)18-22(30)5-6-26-25(30)9-12-31(2)24(10-13-32(26,31)40)21-4-7-28(38)41-20-21/h4,7,20,22-26,40H,5-6,8-19H2,1-3H3,(H,33,37)(H,34,39)/t22-,23+,24-,25+,26-,30+,31-,32+/m1/s1. The van der Waals surface area contributed by atoms with Crippen molar-refractivity contribution in [3.63, 3.8) is 0 Å². The molecule has 9 nitrogen and oxygen atoms in total. The molecule has 4 saturated carbocycles. The van der Waals surface area contributed by atoms with Crippen molar-refractivity contribution in [1.82, 2.24) is 20.4 Å². The molecule has 0 unspecified atom stereocenters. The van der Waals surface area contributed by atoms with Crippen LogP contribution in [-0.2, 0) is 4.79 Å². The molecule has 226 valence electrons. The molecule has 1 aromatic rings. The number of urea groups is 1. The summed E-state index contributed by atoms with van der Waals surface area (Å²) in [5, 5.41) is 18.4. The third-order valence-corrected chi connectivity index (χ3v) is 12.6.